The highest BCUT2D eigenvalue weighted by Crippen LogP contribution is 2.42. The average Bonchev–Trinajstić information content (AvgIpc) is 3.35. The van der Waals surface area contributed by atoms with Gasteiger partial charge in [-0.15, -0.1) is 0 Å². The third-order valence-corrected chi connectivity index (χ3v) is 9.53. The minimum Gasteiger partial charge on any atom is -0.497 e. The number of ether oxygens (including phenoxy) is 4. The highest BCUT2D eigenvalue weighted by Gasteiger charge is 2.44. The van der Waals surface area contributed by atoms with Crippen LogP contribution in [0.2, 0.25) is 0 Å². The lowest BCUT2D eigenvalue weighted by atomic mass is 9.78. The molecule has 0 bridgehead atoms. The predicted molar refractivity (Wildman–Crippen MR) is 144 cm³/mol. The maximum Gasteiger partial charge on any atom is 0.249 e. The van der Waals surface area contributed by atoms with Crippen LogP contribution in [0.5, 0.6) is 23.0 Å². The van der Waals surface area contributed by atoms with E-state index in [9.17, 15) is 13.2 Å². The first-order valence-corrected chi connectivity index (χ1v) is 14.0. The lowest BCUT2D eigenvalue weighted by Gasteiger charge is -2.38. The molecule has 0 atom stereocenters. The van der Waals surface area contributed by atoms with Gasteiger partial charge in [-0.05, 0) is 55.9 Å². The standard InChI is InChI=1S/C28H36N2O7S/c1-20(15-21-16-25(36-4)26(37-5)18-24(21)35-3)27(31)29-12-9-28(19-29)10-13-30(14-11-28)38(32,33)23-8-6-7-22(17-23)34-2/h6-8,15-18H,9-14,19H2,1-5H3/b20-15+. The van der Waals surface area contributed by atoms with Gasteiger partial charge in [0.1, 0.15) is 11.5 Å². The van der Waals surface area contributed by atoms with E-state index >= 15 is 0 Å². The van der Waals surface area contributed by atoms with Gasteiger partial charge in [0.2, 0.25) is 15.9 Å². The summed E-state index contributed by atoms with van der Waals surface area (Å²) < 4.78 is 49.4. The van der Waals surface area contributed by atoms with Crippen molar-refractivity contribution < 1.29 is 32.2 Å². The predicted octanol–water partition coefficient (Wildman–Crippen LogP) is 3.83. The Morgan fingerprint density at radius 1 is 0.868 bits per heavy atom. The first-order valence-electron chi connectivity index (χ1n) is 12.6. The Labute approximate surface area is 225 Å². The number of sulfonamides is 1. The molecule has 4 rings (SSSR count). The van der Waals surface area contributed by atoms with Crippen molar-refractivity contribution in [3.63, 3.8) is 0 Å². The van der Waals surface area contributed by atoms with Gasteiger partial charge >= 0.3 is 0 Å². The van der Waals surface area contributed by atoms with Gasteiger partial charge in [0, 0.05) is 49.4 Å². The van der Waals surface area contributed by atoms with Crippen molar-refractivity contribution in [1.82, 2.24) is 9.21 Å². The van der Waals surface area contributed by atoms with Crippen LogP contribution in [0.25, 0.3) is 6.08 Å². The monoisotopic (exact) mass is 544 g/mol. The lowest BCUT2D eigenvalue weighted by molar-refractivity contribution is -0.126. The molecule has 0 saturated carbocycles. The third-order valence-electron chi connectivity index (χ3n) is 7.63. The Balaban J connectivity index is 1.43. The fraction of sp³-hybridized carbons (Fsp3) is 0.464. The average molecular weight is 545 g/mol. The van der Waals surface area contributed by atoms with Crippen molar-refractivity contribution in [2.75, 3.05) is 54.6 Å². The molecule has 2 fully saturated rings. The van der Waals surface area contributed by atoms with Crippen LogP contribution in [-0.2, 0) is 14.8 Å². The number of benzene rings is 2. The number of hydrogen-bond acceptors (Lipinski definition) is 7. The SMILES string of the molecule is COc1cccc(S(=O)(=O)N2CCC3(CCN(C(=O)/C(C)=C/c4cc(OC)c(OC)cc4OC)C3)CC2)c1. The van der Waals surface area contributed by atoms with E-state index in [-0.39, 0.29) is 16.2 Å². The summed E-state index contributed by atoms with van der Waals surface area (Å²) in [4.78, 5) is 15.5. The number of carbonyl (C=O) groups excluding carboxylic acids is 1. The molecule has 206 valence electrons. The van der Waals surface area contributed by atoms with E-state index in [0.717, 1.165) is 12.0 Å². The molecule has 0 aliphatic carbocycles. The summed E-state index contributed by atoms with van der Waals surface area (Å²) in [5.74, 6) is 2.16. The summed E-state index contributed by atoms with van der Waals surface area (Å²) >= 11 is 0. The number of amides is 1. The van der Waals surface area contributed by atoms with Gasteiger partial charge in [0.25, 0.3) is 0 Å². The van der Waals surface area contributed by atoms with Crippen molar-refractivity contribution in [3.8, 4) is 23.0 Å². The van der Waals surface area contributed by atoms with Crippen LogP contribution in [0, 0.1) is 5.41 Å². The Hall–Kier alpha value is -3.24. The first-order chi connectivity index (χ1) is 18.2. The van der Waals surface area contributed by atoms with Gasteiger partial charge in [0.05, 0.1) is 33.3 Å². The molecular formula is C28H36N2O7S. The molecular weight excluding hydrogens is 508 g/mol. The quantitative estimate of drug-likeness (QED) is 0.466. The van der Waals surface area contributed by atoms with Crippen molar-refractivity contribution in [3.05, 3.63) is 47.5 Å². The second-order valence-electron chi connectivity index (χ2n) is 9.84. The number of methoxy groups -OCH3 is 4. The van der Waals surface area contributed by atoms with Crippen LogP contribution in [-0.4, -0.2) is 78.1 Å². The van der Waals surface area contributed by atoms with Crippen LogP contribution < -0.4 is 18.9 Å². The van der Waals surface area contributed by atoms with E-state index in [1.54, 1.807) is 75.0 Å². The van der Waals surface area contributed by atoms with Crippen LogP contribution in [0.1, 0.15) is 31.7 Å². The highest BCUT2D eigenvalue weighted by molar-refractivity contribution is 7.89. The van der Waals surface area contributed by atoms with Crippen molar-refractivity contribution in [2.24, 2.45) is 5.41 Å². The molecule has 1 amide bonds. The molecule has 0 radical (unpaired) electrons. The van der Waals surface area contributed by atoms with E-state index in [4.69, 9.17) is 18.9 Å². The second kappa shape index (κ2) is 11.2. The number of rotatable bonds is 8. The summed E-state index contributed by atoms with van der Waals surface area (Å²) in [6.45, 7) is 3.92. The molecule has 1 spiro atoms. The maximum absolute atomic E-state index is 13.4. The summed E-state index contributed by atoms with van der Waals surface area (Å²) in [5.41, 5.74) is 1.24. The Morgan fingerprint density at radius 3 is 2.13 bits per heavy atom. The number of nitrogens with zero attached hydrogens (tertiary/aromatic N) is 2. The molecule has 0 N–H and O–H groups in total. The van der Waals surface area contributed by atoms with Crippen molar-refractivity contribution in [2.45, 2.75) is 31.1 Å². The van der Waals surface area contributed by atoms with Gasteiger partial charge in [-0.2, -0.15) is 4.31 Å². The third kappa shape index (κ3) is 5.47. The van der Waals surface area contributed by atoms with Crippen LogP contribution in [0.4, 0.5) is 0 Å². The molecule has 0 aromatic heterocycles. The molecule has 9 nitrogen and oxygen atoms in total. The van der Waals surface area contributed by atoms with E-state index in [2.05, 4.69) is 0 Å². The van der Waals surface area contributed by atoms with Crippen molar-refractivity contribution in [1.29, 1.82) is 0 Å². The smallest absolute Gasteiger partial charge is 0.249 e. The minimum atomic E-state index is -3.60. The van der Waals surface area contributed by atoms with E-state index in [1.165, 1.54) is 7.11 Å². The van der Waals surface area contributed by atoms with Gasteiger partial charge in [-0.25, -0.2) is 8.42 Å². The number of hydrogen-bond donors (Lipinski definition) is 0. The van der Waals surface area contributed by atoms with E-state index in [1.807, 2.05) is 4.90 Å². The summed E-state index contributed by atoms with van der Waals surface area (Å²) in [6, 6.07) is 10.1. The minimum absolute atomic E-state index is 0.0369. The number of piperidine rings is 1. The number of likely N-dealkylation sites (tertiary alicyclic amines) is 1. The zero-order valence-electron chi connectivity index (χ0n) is 22.7. The summed E-state index contributed by atoms with van der Waals surface area (Å²) in [5, 5.41) is 0. The van der Waals surface area contributed by atoms with Gasteiger partial charge in [-0.3, -0.25) is 4.79 Å². The lowest BCUT2D eigenvalue weighted by Crippen LogP contribution is -2.44. The zero-order valence-corrected chi connectivity index (χ0v) is 23.5. The topological polar surface area (TPSA) is 94.6 Å². The van der Waals surface area contributed by atoms with Crippen molar-refractivity contribution >= 4 is 22.0 Å². The fourth-order valence-corrected chi connectivity index (χ4v) is 6.82. The molecule has 2 heterocycles. The molecule has 2 aromatic rings. The Bertz CT molecular complexity index is 1310. The summed E-state index contributed by atoms with van der Waals surface area (Å²) in [7, 11) is 2.61. The summed E-state index contributed by atoms with van der Waals surface area (Å²) in [6.07, 6.45) is 4.09. The molecule has 2 aliphatic rings. The molecule has 2 aliphatic heterocycles. The Morgan fingerprint density at radius 2 is 1.50 bits per heavy atom. The fourth-order valence-electron chi connectivity index (χ4n) is 5.34. The highest BCUT2D eigenvalue weighted by atomic mass is 32.2. The molecule has 2 saturated heterocycles. The van der Waals surface area contributed by atoms with E-state index in [0.29, 0.717) is 67.6 Å². The van der Waals surface area contributed by atoms with Gasteiger partial charge in [-0.1, -0.05) is 6.07 Å². The number of carbonyl (C=O) groups is 1. The zero-order chi connectivity index (χ0) is 27.5. The van der Waals surface area contributed by atoms with E-state index < -0.39 is 10.0 Å². The molecule has 10 heteroatoms. The van der Waals surface area contributed by atoms with Crippen LogP contribution >= 0.6 is 0 Å². The van der Waals surface area contributed by atoms with Gasteiger partial charge < -0.3 is 23.8 Å². The van der Waals surface area contributed by atoms with Crippen LogP contribution in [0.15, 0.2) is 46.9 Å². The van der Waals surface area contributed by atoms with Crippen LogP contribution in [0.3, 0.4) is 0 Å². The first kappa shape index (κ1) is 27.8. The largest absolute Gasteiger partial charge is 0.497 e. The van der Waals surface area contributed by atoms with Gasteiger partial charge in [0.15, 0.2) is 11.5 Å². The molecule has 38 heavy (non-hydrogen) atoms. The Kier molecular flexibility index (Phi) is 8.22. The molecule has 2 aromatic carbocycles. The maximum atomic E-state index is 13.4. The normalized spacial score (nSPS) is 17.9. The molecule has 0 unspecified atom stereocenters. The second-order valence-corrected chi connectivity index (χ2v) is 11.8.